The zero-order chi connectivity index (χ0) is 14.8. The molecule has 0 bridgehead atoms. The monoisotopic (exact) mass is 297 g/mol. The van der Waals surface area contributed by atoms with Gasteiger partial charge in [-0.3, -0.25) is 0 Å². The summed E-state index contributed by atoms with van der Waals surface area (Å²) >= 11 is 1.36. The number of nitrogens with zero attached hydrogens (tertiary/aromatic N) is 1. The Labute approximate surface area is 127 Å². The highest BCUT2D eigenvalue weighted by molar-refractivity contribution is 7.99. The van der Waals surface area contributed by atoms with Crippen molar-refractivity contribution in [3.05, 3.63) is 64.0 Å². The molecular formula is C17H15NO2S. The maximum atomic E-state index is 12.2. The summed E-state index contributed by atoms with van der Waals surface area (Å²) in [5.74, 6) is 0. The van der Waals surface area contributed by atoms with Crippen LogP contribution >= 0.6 is 11.8 Å². The quantitative estimate of drug-likeness (QED) is 0.726. The first-order valence-corrected chi connectivity index (χ1v) is 7.66. The molecule has 21 heavy (non-hydrogen) atoms. The third kappa shape index (κ3) is 2.85. The molecule has 0 aliphatic carbocycles. The van der Waals surface area contributed by atoms with Crippen molar-refractivity contribution in [1.29, 1.82) is 0 Å². The summed E-state index contributed by atoms with van der Waals surface area (Å²) < 4.78 is 5.36. The first-order chi connectivity index (χ1) is 10.2. The van der Waals surface area contributed by atoms with Crippen molar-refractivity contribution in [2.75, 3.05) is 0 Å². The number of hydrogen-bond donors (Lipinski definition) is 0. The van der Waals surface area contributed by atoms with E-state index in [1.54, 1.807) is 0 Å². The summed E-state index contributed by atoms with van der Waals surface area (Å²) in [6, 6.07) is 13.8. The van der Waals surface area contributed by atoms with E-state index in [0.717, 1.165) is 16.9 Å². The number of hydrogen-bond acceptors (Lipinski definition) is 4. The molecule has 1 heterocycles. The maximum Gasteiger partial charge on any atom is 0.347 e. The van der Waals surface area contributed by atoms with Crippen molar-refractivity contribution in [2.45, 2.75) is 30.4 Å². The summed E-state index contributed by atoms with van der Waals surface area (Å²) in [5, 5.41) is 0.970. The molecule has 3 nitrogen and oxygen atoms in total. The van der Waals surface area contributed by atoms with E-state index in [1.165, 1.54) is 17.3 Å². The predicted octanol–water partition coefficient (Wildman–Crippen LogP) is 4.21. The first kappa shape index (κ1) is 13.9. The Bertz CT molecular complexity index is 838. The standard InChI is InChI=1S/C17H15NO2S/c1-3-12-5-4-6-14-15(12)16(19)20-17(18-14)21-13-9-7-11(2)8-10-13/h4-10H,3H2,1-2H3. The molecule has 106 valence electrons. The van der Waals surface area contributed by atoms with Gasteiger partial charge >= 0.3 is 5.63 Å². The van der Waals surface area contributed by atoms with Crippen LogP contribution < -0.4 is 5.63 Å². The van der Waals surface area contributed by atoms with Crippen LogP contribution in [0.25, 0.3) is 10.9 Å². The second-order valence-electron chi connectivity index (χ2n) is 4.85. The van der Waals surface area contributed by atoms with Gasteiger partial charge in [0.15, 0.2) is 0 Å². The van der Waals surface area contributed by atoms with Gasteiger partial charge in [0.05, 0.1) is 10.9 Å². The second kappa shape index (κ2) is 5.74. The molecule has 2 aromatic carbocycles. The fourth-order valence-electron chi connectivity index (χ4n) is 2.21. The zero-order valence-corrected chi connectivity index (χ0v) is 12.7. The Balaban J connectivity index is 2.05. The fraction of sp³-hybridized carbons (Fsp3) is 0.176. The van der Waals surface area contributed by atoms with Gasteiger partial charge in [-0.1, -0.05) is 36.8 Å². The molecule has 0 radical (unpaired) electrons. The van der Waals surface area contributed by atoms with Crippen molar-refractivity contribution in [3.63, 3.8) is 0 Å². The smallest absolute Gasteiger partial charge is 0.347 e. The van der Waals surface area contributed by atoms with E-state index in [-0.39, 0.29) is 5.63 Å². The molecular weight excluding hydrogens is 282 g/mol. The Morgan fingerprint density at radius 1 is 1.14 bits per heavy atom. The van der Waals surface area contributed by atoms with Crippen LogP contribution in [-0.2, 0) is 6.42 Å². The number of fused-ring (bicyclic) bond motifs is 1. The first-order valence-electron chi connectivity index (χ1n) is 6.84. The van der Waals surface area contributed by atoms with Gasteiger partial charge in [0.25, 0.3) is 5.22 Å². The van der Waals surface area contributed by atoms with E-state index in [1.807, 2.05) is 56.3 Å². The highest BCUT2D eigenvalue weighted by Crippen LogP contribution is 2.27. The van der Waals surface area contributed by atoms with Gasteiger partial charge in [0, 0.05) is 4.90 Å². The SMILES string of the molecule is CCc1cccc2nc(Sc3ccc(C)cc3)oc(=O)c12. The second-order valence-corrected chi connectivity index (χ2v) is 5.87. The van der Waals surface area contributed by atoms with Crippen LogP contribution in [0.15, 0.2) is 61.8 Å². The minimum atomic E-state index is -0.313. The van der Waals surface area contributed by atoms with Gasteiger partial charge < -0.3 is 4.42 Å². The van der Waals surface area contributed by atoms with Crippen LogP contribution in [0, 0.1) is 6.92 Å². The lowest BCUT2D eigenvalue weighted by Crippen LogP contribution is -2.05. The van der Waals surface area contributed by atoms with Crippen molar-refractivity contribution < 1.29 is 4.42 Å². The third-order valence-electron chi connectivity index (χ3n) is 3.33. The minimum Gasteiger partial charge on any atom is -0.397 e. The van der Waals surface area contributed by atoms with Gasteiger partial charge in [0.2, 0.25) is 0 Å². The zero-order valence-electron chi connectivity index (χ0n) is 11.9. The van der Waals surface area contributed by atoms with E-state index < -0.39 is 0 Å². The van der Waals surface area contributed by atoms with E-state index >= 15 is 0 Å². The van der Waals surface area contributed by atoms with Gasteiger partial charge in [-0.25, -0.2) is 9.78 Å². The van der Waals surface area contributed by atoms with Crippen LogP contribution in [0.2, 0.25) is 0 Å². The van der Waals surface area contributed by atoms with Crippen LogP contribution in [0.3, 0.4) is 0 Å². The molecule has 0 aliphatic rings. The average Bonchev–Trinajstić information content (AvgIpc) is 2.49. The van der Waals surface area contributed by atoms with E-state index in [9.17, 15) is 4.79 Å². The van der Waals surface area contributed by atoms with Crippen molar-refractivity contribution >= 4 is 22.7 Å². The van der Waals surface area contributed by atoms with Crippen molar-refractivity contribution in [2.24, 2.45) is 0 Å². The molecule has 4 heteroatoms. The molecule has 0 N–H and O–H groups in total. The lowest BCUT2D eigenvalue weighted by atomic mass is 10.1. The van der Waals surface area contributed by atoms with E-state index in [2.05, 4.69) is 4.98 Å². The van der Waals surface area contributed by atoms with Crippen LogP contribution in [-0.4, -0.2) is 4.98 Å². The maximum absolute atomic E-state index is 12.2. The molecule has 0 aliphatic heterocycles. The summed E-state index contributed by atoms with van der Waals surface area (Å²) in [6.07, 6.45) is 0.786. The van der Waals surface area contributed by atoms with Crippen LogP contribution in [0.1, 0.15) is 18.1 Å². The molecule has 1 aromatic heterocycles. The van der Waals surface area contributed by atoms with Crippen LogP contribution in [0.4, 0.5) is 0 Å². The highest BCUT2D eigenvalue weighted by atomic mass is 32.2. The molecule has 0 saturated heterocycles. The summed E-state index contributed by atoms with van der Waals surface area (Å²) in [5.41, 5.74) is 2.55. The average molecular weight is 297 g/mol. The third-order valence-corrected chi connectivity index (χ3v) is 4.19. The number of aryl methyl sites for hydroxylation is 2. The normalized spacial score (nSPS) is 11.0. The minimum absolute atomic E-state index is 0.313. The topological polar surface area (TPSA) is 43.1 Å². The van der Waals surface area contributed by atoms with E-state index in [4.69, 9.17) is 4.42 Å². The fourth-order valence-corrected chi connectivity index (χ4v) is 2.95. The molecule has 0 amide bonds. The Hall–Kier alpha value is -2.07. The molecule has 3 rings (SSSR count). The number of aromatic nitrogens is 1. The Morgan fingerprint density at radius 2 is 1.90 bits per heavy atom. The number of benzene rings is 2. The summed E-state index contributed by atoms with van der Waals surface area (Å²) in [4.78, 5) is 17.7. The van der Waals surface area contributed by atoms with Crippen molar-refractivity contribution in [3.8, 4) is 0 Å². The molecule has 0 unspecified atom stereocenters. The Morgan fingerprint density at radius 3 is 2.62 bits per heavy atom. The summed E-state index contributed by atoms with van der Waals surface area (Å²) in [6.45, 7) is 4.05. The lowest BCUT2D eigenvalue weighted by Gasteiger charge is -2.04. The number of rotatable bonds is 3. The Kier molecular flexibility index (Phi) is 3.80. The largest absolute Gasteiger partial charge is 0.397 e. The predicted molar refractivity (Wildman–Crippen MR) is 85.0 cm³/mol. The highest BCUT2D eigenvalue weighted by Gasteiger charge is 2.10. The molecule has 0 spiro atoms. The molecule has 0 saturated carbocycles. The molecule has 0 fully saturated rings. The van der Waals surface area contributed by atoms with Gasteiger partial charge in [-0.2, -0.15) is 0 Å². The lowest BCUT2D eigenvalue weighted by molar-refractivity contribution is 0.401. The van der Waals surface area contributed by atoms with Crippen LogP contribution in [0.5, 0.6) is 0 Å². The van der Waals surface area contributed by atoms with Gasteiger partial charge in [0.1, 0.15) is 0 Å². The van der Waals surface area contributed by atoms with Gasteiger partial charge in [-0.15, -0.1) is 0 Å². The molecule has 3 aromatic rings. The molecule has 0 atom stereocenters. The van der Waals surface area contributed by atoms with Gasteiger partial charge in [-0.05, 0) is 48.9 Å². The summed E-state index contributed by atoms with van der Waals surface area (Å²) in [7, 11) is 0. The van der Waals surface area contributed by atoms with Crippen molar-refractivity contribution in [1.82, 2.24) is 4.98 Å². The van der Waals surface area contributed by atoms with E-state index in [0.29, 0.717) is 16.1 Å².